The van der Waals surface area contributed by atoms with E-state index in [1.165, 1.54) is 16.7 Å². The Bertz CT molecular complexity index is 757. The quantitative estimate of drug-likeness (QED) is 0.493. The lowest BCUT2D eigenvalue weighted by atomic mass is 10.1. The van der Waals surface area contributed by atoms with Gasteiger partial charge in [-0.2, -0.15) is 5.10 Å². The van der Waals surface area contributed by atoms with Crippen LogP contribution in [0.5, 0.6) is 5.75 Å². The van der Waals surface area contributed by atoms with Crippen molar-refractivity contribution < 1.29 is 9.53 Å². The second kappa shape index (κ2) is 7.46. The monoisotopic (exact) mass is 344 g/mol. The number of amides is 1. The first-order chi connectivity index (χ1) is 11.7. The van der Waals surface area contributed by atoms with Gasteiger partial charge in [-0.3, -0.25) is 9.69 Å². The molecule has 0 spiro atoms. The van der Waals surface area contributed by atoms with Crippen molar-refractivity contribution in [3.05, 3.63) is 45.6 Å². The van der Waals surface area contributed by atoms with E-state index in [9.17, 15) is 4.79 Å². The molecular formula is C17H20N4O2S. The van der Waals surface area contributed by atoms with Gasteiger partial charge in [-0.25, -0.2) is 5.43 Å². The number of methoxy groups -OCH3 is 1. The van der Waals surface area contributed by atoms with Gasteiger partial charge in [0.05, 0.1) is 25.4 Å². The van der Waals surface area contributed by atoms with E-state index in [-0.39, 0.29) is 5.91 Å². The van der Waals surface area contributed by atoms with E-state index in [2.05, 4.69) is 26.9 Å². The van der Waals surface area contributed by atoms with Crippen molar-refractivity contribution in [2.24, 2.45) is 5.10 Å². The molecular weight excluding hydrogens is 324 g/mol. The summed E-state index contributed by atoms with van der Waals surface area (Å²) in [6, 6.07) is 7.50. The molecule has 0 saturated carbocycles. The Morgan fingerprint density at radius 1 is 1.50 bits per heavy atom. The number of ether oxygens (including phenoxy) is 1. The maximum Gasteiger partial charge on any atom is 0.254 e. The smallest absolute Gasteiger partial charge is 0.254 e. The number of fused-ring (bicyclic) bond motifs is 1. The third-order valence-electron chi connectivity index (χ3n) is 3.96. The predicted molar refractivity (Wildman–Crippen MR) is 96.4 cm³/mol. The van der Waals surface area contributed by atoms with Crippen molar-refractivity contribution in [1.82, 2.24) is 10.3 Å². The molecule has 0 aliphatic carbocycles. The largest absolute Gasteiger partial charge is 0.496 e. The number of carbonyl (C=O) groups excluding carboxylic acids is 1. The highest BCUT2D eigenvalue weighted by Crippen LogP contribution is 2.24. The third-order valence-corrected chi connectivity index (χ3v) is 4.98. The summed E-state index contributed by atoms with van der Waals surface area (Å²) in [5.74, 6) is 0.479. The lowest BCUT2D eigenvalue weighted by Gasteiger charge is -2.25. The van der Waals surface area contributed by atoms with Gasteiger partial charge in [-0.15, -0.1) is 11.3 Å². The molecule has 6 nitrogen and oxygen atoms in total. The Labute approximate surface area is 144 Å². The Kier molecular flexibility index (Phi) is 5.12. The number of hydrogen-bond donors (Lipinski definition) is 2. The van der Waals surface area contributed by atoms with Crippen molar-refractivity contribution >= 4 is 29.1 Å². The number of nitrogens with one attached hydrogen (secondary N) is 1. The highest BCUT2D eigenvalue weighted by Gasteiger charge is 2.18. The number of thiophene rings is 1. The number of nitrogens with zero attached hydrogens (tertiary/aromatic N) is 2. The van der Waals surface area contributed by atoms with E-state index in [0.717, 1.165) is 19.5 Å². The molecule has 1 aliphatic heterocycles. The molecule has 0 saturated heterocycles. The van der Waals surface area contributed by atoms with Gasteiger partial charge in [0.2, 0.25) is 0 Å². The lowest BCUT2D eigenvalue weighted by molar-refractivity contribution is -0.122. The van der Waals surface area contributed by atoms with Crippen LogP contribution in [0, 0.1) is 0 Å². The number of rotatable bonds is 5. The summed E-state index contributed by atoms with van der Waals surface area (Å²) < 4.78 is 5.24. The zero-order valence-corrected chi connectivity index (χ0v) is 14.3. The molecule has 3 rings (SSSR count). The number of hydrogen-bond acceptors (Lipinski definition) is 6. The minimum atomic E-state index is -0.140. The standard InChI is InChI=1S/C17H20N4O2S/c1-23-15-4-2-3-14(18)13(15)9-19-20-17(22)11-21-7-5-16-12(10-21)6-8-24-16/h2-4,6,8-9H,5,7,10-11,18H2,1H3,(H,20,22)/b19-9+. The average molecular weight is 344 g/mol. The molecule has 2 heterocycles. The van der Waals surface area contributed by atoms with Gasteiger partial charge < -0.3 is 10.5 Å². The molecule has 0 atom stereocenters. The van der Waals surface area contributed by atoms with Gasteiger partial charge in [0, 0.05) is 23.7 Å². The molecule has 0 radical (unpaired) electrons. The van der Waals surface area contributed by atoms with Crippen molar-refractivity contribution in [2.45, 2.75) is 13.0 Å². The summed E-state index contributed by atoms with van der Waals surface area (Å²) in [6.45, 7) is 2.04. The van der Waals surface area contributed by atoms with E-state index >= 15 is 0 Å². The minimum Gasteiger partial charge on any atom is -0.496 e. The molecule has 0 fully saturated rings. The van der Waals surface area contributed by atoms with Crippen molar-refractivity contribution in [1.29, 1.82) is 0 Å². The Morgan fingerprint density at radius 2 is 2.38 bits per heavy atom. The maximum absolute atomic E-state index is 12.1. The molecule has 1 aromatic carbocycles. The molecule has 2 aromatic rings. The molecule has 1 amide bonds. The second-order valence-electron chi connectivity index (χ2n) is 5.59. The van der Waals surface area contributed by atoms with Gasteiger partial charge in [0.25, 0.3) is 5.91 Å². The summed E-state index contributed by atoms with van der Waals surface area (Å²) in [7, 11) is 1.57. The van der Waals surface area contributed by atoms with Crippen LogP contribution in [0.3, 0.4) is 0 Å². The van der Waals surface area contributed by atoms with Crippen molar-refractivity contribution in [3.8, 4) is 5.75 Å². The fourth-order valence-corrected chi connectivity index (χ4v) is 3.62. The highest BCUT2D eigenvalue weighted by molar-refractivity contribution is 7.10. The maximum atomic E-state index is 12.1. The van der Waals surface area contributed by atoms with Gasteiger partial charge >= 0.3 is 0 Å². The van der Waals surface area contributed by atoms with Crippen LogP contribution in [0.15, 0.2) is 34.7 Å². The zero-order chi connectivity index (χ0) is 16.9. The highest BCUT2D eigenvalue weighted by atomic mass is 32.1. The molecule has 1 aromatic heterocycles. The fraction of sp³-hybridized carbons (Fsp3) is 0.294. The van der Waals surface area contributed by atoms with Crippen LogP contribution in [-0.2, 0) is 17.8 Å². The van der Waals surface area contributed by atoms with Crippen molar-refractivity contribution in [3.63, 3.8) is 0 Å². The molecule has 7 heteroatoms. The van der Waals surface area contributed by atoms with E-state index in [0.29, 0.717) is 23.5 Å². The van der Waals surface area contributed by atoms with Crippen LogP contribution in [0.25, 0.3) is 0 Å². The summed E-state index contributed by atoms with van der Waals surface area (Å²) in [5, 5.41) is 6.11. The molecule has 0 unspecified atom stereocenters. The summed E-state index contributed by atoms with van der Waals surface area (Å²) in [4.78, 5) is 15.6. The molecule has 3 N–H and O–H groups in total. The first-order valence-electron chi connectivity index (χ1n) is 7.69. The van der Waals surface area contributed by atoms with E-state index in [1.54, 1.807) is 36.6 Å². The first kappa shape index (κ1) is 16.5. The minimum absolute atomic E-state index is 0.140. The Balaban J connectivity index is 1.55. The van der Waals surface area contributed by atoms with E-state index < -0.39 is 0 Å². The van der Waals surface area contributed by atoms with Crippen LogP contribution in [0.4, 0.5) is 5.69 Å². The topological polar surface area (TPSA) is 80.0 Å². The summed E-state index contributed by atoms with van der Waals surface area (Å²) in [5.41, 5.74) is 11.0. The Hall–Kier alpha value is -2.38. The number of nitrogen functional groups attached to an aromatic ring is 1. The first-order valence-corrected chi connectivity index (χ1v) is 8.57. The SMILES string of the molecule is COc1cccc(N)c1/C=N/NC(=O)CN1CCc2sccc2C1. The zero-order valence-electron chi connectivity index (χ0n) is 13.5. The molecule has 1 aliphatic rings. The average Bonchev–Trinajstić information content (AvgIpc) is 3.04. The van der Waals surface area contributed by atoms with Gasteiger partial charge in [0.1, 0.15) is 5.75 Å². The number of anilines is 1. The summed E-state index contributed by atoms with van der Waals surface area (Å²) >= 11 is 1.79. The van der Waals surface area contributed by atoms with Gasteiger partial charge in [-0.05, 0) is 35.6 Å². The second-order valence-corrected chi connectivity index (χ2v) is 6.59. The predicted octanol–water partition coefficient (Wildman–Crippen LogP) is 1.85. The van der Waals surface area contributed by atoms with Crippen LogP contribution in [-0.4, -0.2) is 37.2 Å². The summed E-state index contributed by atoms with van der Waals surface area (Å²) in [6.07, 6.45) is 2.51. The van der Waals surface area contributed by atoms with E-state index in [4.69, 9.17) is 10.5 Å². The van der Waals surface area contributed by atoms with E-state index in [1.807, 2.05) is 0 Å². The fourth-order valence-electron chi connectivity index (χ4n) is 2.73. The van der Waals surface area contributed by atoms with Crippen LogP contribution in [0.2, 0.25) is 0 Å². The van der Waals surface area contributed by atoms with Gasteiger partial charge in [-0.1, -0.05) is 6.07 Å². The number of benzene rings is 1. The van der Waals surface area contributed by atoms with Gasteiger partial charge in [0.15, 0.2) is 0 Å². The number of carbonyl (C=O) groups is 1. The Morgan fingerprint density at radius 3 is 3.21 bits per heavy atom. The molecule has 126 valence electrons. The third kappa shape index (κ3) is 3.74. The number of hydrazone groups is 1. The van der Waals surface area contributed by atoms with Crippen LogP contribution < -0.4 is 15.9 Å². The van der Waals surface area contributed by atoms with Crippen LogP contribution >= 0.6 is 11.3 Å². The molecule has 0 bridgehead atoms. The molecule has 24 heavy (non-hydrogen) atoms. The lowest BCUT2D eigenvalue weighted by Crippen LogP contribution is -2.38. The van der Waals surface area contributed by atoms with Crippen molar-refractivity contribution in [2.75, 3.05) is 25.9 Å². The number of nitrogens with two attached hydrogens (primary N) is 1. The normalized spacial score (nSPS) is 14.5. The van der Waals surface area contributed by atoms with Crippen LogP contribution in [0.1, 0.15) is 16.0 Å².